The molecule has 0 radical (unpaired) electrons. The van der Waals surface area contributed by atoms with E-state index >= 15 is 8.78 Å². The maximum absolute atomic E-state index is 15.6. The van der Waals surface area contributed by atoms with E-state index in [1.165, 1.54) is 22.2 Å². The number of aliphatic hydroxyl groups is 1. The van der Waals surface area contributed by atoms with E-state index in [1.54, 1.807) is 81.9 Å². The number of nitrogens with zero attached hydrogens (tertiary/aromatic N) is 4. The summed E-state index contributed by atoms with van der Waals surface area (Å²) < 4.78 is 57.3. The topological polar surface area (TPSA) is 224 Å². The van der Waals surface area contributed by atoms with E-state index in [0.717, 1.165) is 33.8 Å². The van der Waals surface area contributed by atoms with E-state index in [9.17, 15) is 37.5 Å². The van der Waals surface area contributed by atoms with Crippen molar-refractivity contribution in [3.8, 4) is 21.6 Å². The fourth-order valence-corrected chi connectivity index (χ4v) is 10.2. The Morgan fingerprint density at radius 3 is 2.33 bits per heavy atom. The fourth-order valence-electron chi connectivity index (χ4n) is 8.23. The van der Waals surface area contributed by atoms with Crippen molar-refractivity contribution >= 4 is 73.2 Å². The molecular weight excluding hydrogens is 943 g/mol. The molecule has 3 atom stereocenters. The van der Waals surface area contributed by atoms with Crippen LogP contribution in [0.3, 0.4) is 0 Å². The number of carbonyl (C=O) groups is 5. The second kappa shape index (κ2) is 21.0. The van der Waals surface area contributed by atoms with Crippen LogP contribution in [0.15, 0.2) is 84.6 Å². The third-order valence-electron chi connectivity index (χ3n) is 12.1. The number of amides is 4. The Kier molecular flexibility index (Phi) is 15.3. The molecule has 1 saturated heterocycles. The summed E-state index contributed by atoms with van der Waals surface area (Å²) in [4.78, 5) is 83.3. The molecule has 6 aromatic rings. The number of fused-ring (bicyclic) bond motifs is 1. The molecule has 3 aromatic heterocycles. The number of aromatic nitrogens is 3. The van der Waals surface area contributed by atoms with E-state index in [4.69, 9.17) is 0 Å². The van der Waals surface area contributed by atoms with Gasteiger partial charge in [-0.05, 0) is 65.8 Å². The van der Waals surface area contributed by atoms with Crippen molar-refractivity contribution in [2.75, 3.05) is 29.0 Å². The first kappa shape index (κ1) is 51.0. The first-order chi connectivity index (χ1) is 33.1. The van der Waals surface area contributed by atoms with Gasteiger partial charge in [0.25, 0.3) is 0 Å². The number of benzene rings is 3. The molecule has 0 saturated carbocycles. The van der Waals surface area contributed by atoms with Crippen LogP contribution in [-0.4, -0.2) is 100 Å². The molecular formula is C50H54F2N8O8S2. The van der Waals surface area contributed by atoms with Crippen molar-refractivity contribution in [1.29, 1.82) is 0 Å². The first-order valence-corrected chi connectivity index (χ1v) is 25.1. The molecule has 7 rings (SSSR count). The zero-order chi connectivity index (χ0) is 50.7. The van der Waals surface area contributed by atoms with Gasteiger partial charge in [-0.1, -0.05) is 64.1 Å². The number of aromatic amines is 1. The number of hydrogen-bond donors (Lipinski definition) is 5. The molecule has 16 nitrogen and oxygen atoms in total. The highest BCUT2D eigenvalue weighted by atomic mass is 32.2. The van der Waals surface area contributed by atoms with Crippen LogP contribution in [0.2, 0.25) is 0 Å². The smallest absolute Gasteiger partial charge is 0.246 e. The highest BCUT2D eigenvalue weighted by Crippen LogP contribution is 2.32. The number of rotatable bonds is 17. The molecule has 4 heterocycles. The number of thiazole rings is 1. The standard InChI is InChI=1S/C50H54F2N8O8S2/c1-7-20-70(67,68)58-38-17-16-37(51)42(43(38)52)44(64)36-25-54-47-35(36)21-32(24-53-47)30-12-14-33(15-13-30)59(6)41(63)19-18-40(62)57-46(50(3,4)5)49(66)60-26-34(61)22-39(60)48(65)55-23-29-8-10-31(11-9-29)45-28(2)56-27-69-45/h8-17,21,24-25,27,34,39,46,58,61H,7,18-20,22-23,26H2,1-6H3,(H,53,54)(H,55,65)(H,57,62)/t34-,39+,46?/m1/s1. The number of aryl methyl sites for hydroxylation is 1. The van der Waals surface area contributed by atoms with Crippen molar-refractivity contribution < 1.29 is 46.3 Å². The lowest BCUT2D eigenvalue weighted by Gasteiger charge is -2.35. The normalized spacial score (nSPS) is 15.4. The Labute approximate surface area is 408 Å². The highest BCUT2D eigenvalue weighted by molar-refractivity contribution is 7.92. The molecule has 368 valence electrons. The van der Waals surface area contributed by atoms with Gasteiger partial charge < -0.3 is 30.5 Å². The molecule has 1 aliphatic heterocycles. The second-order valence-electron chi connectivity index (χ2n) is 18.3. The third kappa shape index (κ3) is 11.4. The Balaban J connectivity index is 0.959. The van der Waals surface area contributed by atoms with Crippen LogP contribution in [0, 0.1) is 24.0 Å². The van der Waals surface area contributed by atoms with Gasteiger partial charge in [-0.15, -0.1) is 11.3 Å². The van der Waals surface area contributed by atoms with Crippen molar-refractivity contribution in [2.45, 2.75) is 85.0 Å². The van der Waals surface area contributed by atoms with E-state index in [2.05, 4.69) is 30.3 Å². The van der Waals surface area contributed by atoms with Gasteiger partial charge in [0, 0.05) is 74.0 Å². The number of pyridine rings is 1. The van der Waals surface area contributed by atoms with Crippen molar-refractivity contribution in [1.82, 2.24) is 30.5 Å². The number of H-pyrrole nitrogens is 1. The van der Waals surface area contributed by atoms with Crippen LogP contribution in [0.1, 0.15) is 80.6 Å². The summed E-state index contributed by atoms with van der Waals surface area (Å²) in [6, 6.07) is 15.8. The molecule has 70 heavy (non-hydrogen) atoms. The molecule has 1 aliphatic rings. The van der Waals surface area contributed by atoms with Crippen LogP contribution < -0.4 is 20.3 Å². The Hall–Kier alpha value is -6.90. The van der Waals surface area contributed by atoms with E-state index in [1.807, 2.05) is 31.2 Å². The minimum absolute atomic E-state index is 0.0327. The van der Waals surface area contributed by atoms with Gasteiger partial charge in [0.05, 0.1) is 39.2 Å². The van der Waals surface area contributed by atoms with Crippen LogP contribution in [0.4, 0.5) is 20.2 Å². The lowest BCUT2D eigenvalue weighted by atomic mass is 9.85. The number of β-amino-alcohol motifs (C(OH)–C–C–N with tert-alkyl or cyclic N) is 1. The Morgan fingerprint density at radius 2 is 1.67 bits per heavy atom. The number of halogens is 2. The van der Waals surface area contributed by atoms with Gasteiger partial charge in [0.1, 0.15) is 23.5 Å². The third-order valence-corrected chi connectivity index (χ3v) is 14.5. The van der Waals surface area contributed by atoms with Crippen LogP contribution in [0.5, 0.6) is 0 Å². The van der Waals surface area contributed by atoms with Gasteiger partial charge in [0.2, 0.25) is 39.4 Å². The second-order valence-corrected chi connectivity index (χ2v) is 21.0. The summed E-state index contributed by atoms with van der Waals surface area (Å²) in [7, 11) is -2.40. The predicted octanol–water partition coefficient (Wildman–Crippen LogP) is 6.87. The molecule has 1 unspecified atom stereocenters. The van der Waals surface area contributed by atoms with E-state index < -0.39 is 85.9 Å². The van der Waals surface area contributed by atoms with E-state index in [-0.39, 0.29) is 61.1 Å². The van der Waals surface area contributed by atoms with Crippen molar-refractivity contribution in [3.05, 3.63) is 119 Å². The number of carbonyl (C=O) groups excluding carboxylic acids is 5. The number of nitrogens with one attached hydrogen (secondary N) is 4. The van der Waals surface area contributed by atoms with Gasteiger partial charge in [0.15, 0.2) is 5.82 Å². The average molecular weight is 997 g/mol. The zero-order valence-electron chi connectivity index (χ0n) is 39.4. The molecule has 3 aromatic carbocycles. The van der Waals surface area contributed by atoms with Gasteiger partial charge in [-0.25, -0.2) is 27.2 Å². The monoisotopic (exact) mass is 996 g/mol. The van der Waals surface area contributed by atoms with Crippen molar-refractivity contribution in [2.24, 2.45) is 5.41 Å². The SMILES string of the molecule is CCCS(=O)(=O)Nc1ccc(F)c(C(=O)c2c[nH]c3ncc(-c4ccc(N(C)C(=O)CCC(=O)NC(C(=O)N5C[C@H](O)C[C@H]5C(=O)NCc5ccc(-c6scnc6C)cc5)C(C)(C)C)cc4)cc23)c1F. The zero-order valence-corrected chi connectivity index (χ0v) is 41.1. The largest absolute Gasteiger partial charge is 0.391 e. The van der Waals surface area contributed by atoms with Gasteiger partial charge >= 0.3 is 0 Å². The number of anilines is 2. The summed E-state index contributed by atoms with van der Waals surface area (Å²) in [6.45, 7) is 9.00. The molecule has 0 bridgehead atoms. The van der Waals surface area contributed by atoms with Gasteiger partial charge in [-0.2, -0.15) is 0 Å². The number of likely N-dealkylation sites (tertiary alicyclic amines) is 1. The predicted molar refractivity (Wildman–Crippen MR) is 263 cm³/mol. The lowest BCUT2D eigenvalue weighted by Crippen LogP contribution is -2.57. The number of hydrogen-bond acceptors (Lipinski definition) is 11. The summed E-state index contributed by atoms with van der Waals surface area (Å²) in [5, 5.41) is 16.6. The van der Waals surface area contributed by atoms with Crippen LogP contribution in [-0.2, 0) is 35.7 Å². The Bertz CT molecular complexity index is 3060. The fraction of sp³-hybridized carbons (Fsp3) is 0.340. The number of ketones is 1. The van der Waals surface area contributed by atoms with Crippen LogP contribution in [0.25, 0.3) is 32.6 Å². The molecule has 4 amide bonds. The molecule has 5 N–H and O–H groups in total. The summed E-state index contributed by atoms with van der Waals surface area (Å²) in [5.41, 5.74) is 4.10. The molecule has 0 aliphatic carbocycles. The van der Waals surface area contributed by atoms with Crippen LogP contribution >= 0.6 is 11.3 Å². The number of aliphatic hydroxyl groups excluding tert-OH is 1. The molecule has 20 heteroatoms. The minimum atomic E-state index is -3.94. The first-order valence-electron chi connectivity index (χ1n) is 22.6. The summed E-state index contributed by atoms with van der Waals surface area (Å²) in [6.07, 6.45) is 1.70. The average Bonchev–Trinajstić information content (AvgIpc) is 4.07. The van der Waals surface area contributed by atoms with E-state index in [0.29, 0.717) is 16.8 Å². The number of sulfonamides is 1. The summed E-state index contributed by atoms with van der Waals surface area (Å²) in [5.74, 6) is -5.76. The highest BCUT2D eigenvalue weighted by Gasteiger charge is 2.44. The molecule has 0 spiro atoms. The van der Waals surface area contributed by atoms with Crippen molar-refractivity contribution in [3.63, 3.8) is 0 Å². The Morgan fingerprint density at radius 1 is 0.971 bits per heavy atom. The van der Waals surface area contributed by atoms with Gasteiger partial charge in [-0.3, -0.25) is 28.7 Å². The minimum Gasteiger partial charge on any atom is -0.391 e. The summed E-state index contributed by atoms with van der Waals surface area (Å²) >= 11 is 1.54. The lowest BCUT2D eigenvalue weighted by molar-refractivity contribution is -0.144. The maximum atomic E-state index is 15.6. The quantitative estimate of drug-likeness (QED) is 0.0596. The molecule has 1 fully saturated rings. The maximum Gasteiger partial charge on any atom is 0.246 e.